The quantitative estimate of drug-likeness (QED) is 0.702. The molecule has 7 nitrogen and oxygen atoms in total. The van der Waals surface area contributed by atoms with Crippen molar-refractivity contribution >= 4 is 5.91 Å². The first-order chi connectivity index (χ1) is 13.7. The maximum atomic E-state index is 12.9. The molecule has 4 heterocycles. The van der Waals surface area contributed by atoms with E-state index >= 15 is 0 Å². The minimum Gasteiger partial charge on any atom is -0.338 e. The second-order valence-electron chi connectivity index (χ2n) is 6.91. The molecule has 140 valence electrons. The van der Waals surface area contributed by atoms with Crippen LogP contribution in [0.2, 0.25) is 0 Å². The van der Waals surface area contributed by atoms with Crippen molar-refractivity contribution in [2.45, 2.75) is 25.3 Å². The number of hydrogen-bond donors (Lipinski definition) is 0. The lowest BCUT2D eigenvalue weighted by Crippen LogP contribution is -2.39. The van der Waals surface area contributed by atoms with Crippen LogP contribution >= 0.6 is 0 Å². The van der Waals surface area contributed by atoms with Crippen LogP contribution in [0.25, 0.3) is 0 Å². The molecule has 7 heteroatoms. The molecule has 1 saturated heterocycles. The predicted molar refractivity (Wildman–Crippen MR) is 102 cm³/mol. The summed E-state index contributed by atoms with van der Waals surface area (Å²) in [5.74, 6) is 1.14. The molecule has 0 N–H and O–H groups in total. The molecule has 3 aromatic rings. The van der Waals surface area contributed by atoms with Crippen LogP contribution in [0.3, 0.4) is 0 Å². The van der Waals surface area contributed by atoms with E-state index in [1.165, 1.54) is 6.20 Å². The van der Waals surface area contributed by atoms with Gasteiger partial charge >= 0.3 is 0 Å². The highest BCUT2D eigenvalue weighted by atomic mass is 16.2. The molecule has 1 amide bonds. The zero-order valence-electron chi connectivity index (χ0n) is 15.4. The van der Waals surface area contributed by atoms with E-state index in [4.69, 9.17) is 5.26 Å². The van der Waals surface area contributed by atoms with Gasteiger partial charge in [0.2, 0.25) is 0 Å². The van der Waals surface area contributed by atoms with E-state index in [0.717, 1.165) is 30.8 Å². The van der Waals surface area contributed by atoms with E-state index in [1.54, 1.807) is 18.3 Å². The number of likely N-dealkylation sites (tertiary alicyclic amines) is 1. The Bertz CT molecular complexity index is 990. The van der Waals surface area contributed by atoms with Crippen LogP contribution in [0.15, 0.2) is 55.2 Å². The highest BCUT2D eigenvalue weighted by molar-refractivity contribution is 5.94. The normalized spacial score (nSPS) is 16.5. The lowest BCUT2D eigenvalue weighted by atomic mass is 9.96. The smallest absolute Gasteiger partial charge is 0.255 e. The van der Waals surface area contributed by atoms with Crippen molar-refractivity contribution in [1.82, 2.24) is 24.4 Å². The number of carbonyl (C=O) groups is 1. The van der Waals surface area contributed by atoms with Gasteiger partial charge in [-0.2, -0.15) is 5.26 Å². The minimum atomic E-state index is -0.0490. The molecule has 0 radical (unpaired) electrons. The van der Waals surface area contributed by atoms with E-state index < -0.39 is 0 Å². The van der Waals surface area contributed by atoms with Gasteiger partial charge in [-0.1, -0.05) is 6.07 Å². The Morgan fingerprint density at radius 1 is 1.21 bits per heavy atom. The highest BCUT2D eigenvalue weighted by Gasteiger charge is 2.28. The van der Waals surface area contributed by atoms with E-state index in [2.05, 4.69) is 19.5 Å². The summed E-state index contributed by atoms with van der Waals surface area (Å²) in [6.45, 7) is 2.06. The Morgan fingerprint density at radius 3 is 2.89 bits per heavy atom. The zero-order valence-corrected chi connectivity index (χ0v) is 15.4. The molecule has 1 fully saturated rings. The second kappa shape index (κ2) is 8.01. The summed E-state index contributed by atoms with van der Waals surface area (Å²) in [7, 11) is 0. The summed E-state index contributed by atoms with van der Waals surface area (Å²) >= 11 is 0. The average Bonchev–Trinajstić information content (AvgIpc) is 3.22. The molecule has 28 heavy (non-hydrogen) atoms. The van der Waals surface area contributed by atoms with Crippen LogP contribution in [-0.4, -0.2) is 43.4 Å². The van der Waals surface area contributed by atoms with Crippen molar-refractivity contribution in [1.29, 1.82) is 5.26 Å². The Kier molecular flexibility index (Phi) is 5.11. The summed E-state index contributed by atoms with van der Waals surface area (Å²) in [5.41, 5.74) is 1.94. The number of hydrogen-bond acceptors (Lipinski definition) is 5. The summed E-state index contributed by atoms with van der Waals surface area (Å²) in [4.78, 5) is 27.5. The summed E-state index contributed by atoms with van der Waals surface area (Å²) in [5, 5.41) is 8.87. The number of piperidine rings is 1. The summed E-state index contributed by atoms with van der Waals surface area (Å²) in [6, 6.07) is 9.20. The molecule has 0 bridgehead atoms. The third-order valence-corrected chi connectivity index (χ3v) is 5.02. The molecule has 0 spiro atoms. The van der Waals surface area contributed by atoms with Crippen LogP contribution in [0.1, 0.15) is 46.2 Å². The SMILES string of the molecule is N#Cc1ccc(C(=O)N2CCCC(c3nccn3Cc3cccnc3)C2)cn1. The number of nitrogens with zero attached hydrogens (tertiary/aromatic N) is 6. The van der Waals surface area contributed by atoms with Crippen molar-refractivity contribution in [2.24, 2.45) is 0 Å². The van der Waals surface area contributed by atoms with Crippen molar-refractivity contribution in [3.05, 3.63) is 77.9 Å². The van der Waals surface area contributed by atoms with Crippen molar-refractivity contribution in [2.75, 3.05) is 13.1 Å². The number of imidazole rings is 1. The Hall–Kier alpha value is -3.53. The third-order valence-electron chi connectivity index (χ3n) is 5.02. The Morgan fingerprint density at radius 2 is 2.14 bits per heavy atom. The number of amides is 1. The predicted octanol–water partition coefficient (Wildman–Crippen LogP) is 2.61. The maximum Gasteiger partial charge on any atom is 0.255 e. The standard InChI is InChI=1S/C21H20N6O/c22-11-19-6-5-17(13-25-19)21(28)27-9-2-4-18(15-27)20-24-8-10-26(20)14-16-3-1-7-23-12-16/h1,3,5-8,10,12-13,18H,2,4,9,14-15H2. The molecular formula is C21H20N6O. The number of nitriles is 1. The van der Waals surface area contributed by atoms with Gasteiger partial charge in [0.25, 0.3) is 5.91 Å². The van der Waals surface area contributed by atoms with Crippen LogP contribution in [-0.2, 0) is 6.54 Å². The lowest BCUT2D eigenvalue weighted by Gasteiger charge is -2.32. The molecule has 0 aliphatic carbocycles. The summed E-state index contributed by atoms with van der Waals surface area (Å²) < 4.78 is 2.14. The van der Waals surface area contributed by atoms with E-state index in [9.17, 15) is 4.79 Å². The van der Waals surface area contributed by atoms with Gasteiger partial charge in [0.15, 0.2) is 0 Å². The first kappa shape index (κ1) is 17.9. The molecule has 1 unspecified atom stereocenters. The fourth-order valence-electron chi connectivity index (χ4n) is 3.64. The van der Waals surface area contributed by atoms with E-state index in [1.807, 2.05) is 41.7 Å². The second-order valence-corrected chi connectivity index (χ2v) is 6.91. The monoisotopic (exact) mass is 372 g/mol. The van der Waals surface area contributed by atoms with Gasteiger partial charge in [-0.25, -0.2) is 9.97 Å². The zero-order chi connectivity index (χ0) is 19.3. The van der Waals surface area contributed by atoms with E-state index in [0.29, 0.717) is 24.3 Å². The molecule has 1 aliphatic rings. The first-order valence-corrected chi connectivity index (χ1v) is 9.30. The first-order valence-electron chi connectivity index (χ1n) is 9.30. The fraction of sp³-hybridized carbons (Fsp3) is 0.286. The van der Waals surface area contributed by atoms with Crippen molar-refractivity contribution in [3.63, 3.8) is 0 Å². The van der Waals surface area contributed by atoms with Crippen LogP contribution in [0, 0.1) is 11.3 Å². The van der Waals surface area contributed by atoms with Gasteiger partial charge < -0.3 is 9.47 Å². The minimum absolute atomic E-state index is 0.0490. The largest absolute Gasteiger partial charge is 0.338 e. The third kappa shape index (κ3) is 3.76. The van der Waals surface area contributed by atoms with E-state index in [-0.39, 0.29) is 11.8 Å². The number of carbonyl (C=O) groups excluding carboxylic acids is 1. The summed E-state index contributed by atoms with van der Waals surface area (Å²) in [6.07, 6.45) is 10.8. The molecule has 4 rings (SSSR count). The topological polar surface area (TPSA) is 87.7 Å². The maximum absolute atomic E-state index is 12.9. The van der Waals surface area contributed by atoms with Crippen molar-refractivity contribution in [3.8, 4) is 6.07 Å². The molecular weight excluding hydrogens is 352 g/mol. The Labute approximate surface area is 163 Å². The average molecular weight is 372 g/mol. The van der Waals surface area contributed by atoms with Gasteiger partial charge in [0, 0.05) is 50.0 Å². The Balaban J connectivity index is 1.49. The molecule has 1 aliphatic heterocycles. The fourth-order valence-corrected chi connectivity index (χ4v) is 3.64. The van der Waals surface area contributed by atoms with Gasteiger partial charge in [0.1, 0.15) is 17.6 Å². The van der Waals surface area contributed by atoms with Crippen LogP contribution < -0.4 is 0 Å². The molecule has 0 aromatic carbocycles. The molecule has 3 aromatic heterocycles. The van der Waals surface area contributed by atoms with Gasteiger partial charge in [0.05, 0.1) is 12.1 Å². The highest BCUT2D eigenvalue weighted by Crippen LogP contribution is 2.27. The molecule has 0 saturated carbocycles. The molecule has 1 atom stereocenters. The van der Waals surface area contributed by atoms with Crippen LogP contribution in [0.5, 0.6) is 0 Å². The number of rotatable bonds is 4. The lowest BCUT2D eigenvalue weighted by molar-refractivity contribution is 0.0703. The number of aromatic nitrogens is 4. The number of pyridine rings is 2. The van der Waals surface area contributed by atoms with Gasteiger partial charge in [-0.05, 0) is 36.6 Å². The van der Waals surface area contributed by atoms with Gasteiger partial charge in [-0.15, -0.1) is 0 Å². The van der Waals surface area contributed by atoms with Crippen LogP contribution in [0.4, 0.5) is 0 Å². The van der Waals surface area contributed by atoms with Gasteiger partial charge in [-0.3, -0.25) is 9.78 Å². The van der Waals surface area contributed by atoms with Crippen molar-refractivity contribution < 1.29 is 4.79 Å².